The normalized spacial score (nSPS) is 27.6. The minimum atomic E-state index is 0.434. The zero-order valence-corrected chi connectivity index (χ0v) is 9.04. The largest absolute Gasteiger partial charge is 0.361 e. The predicted octanol–water partition coefficient (Wildman–Crippen LogP) is 2.76. The maximum Gasteiger partial charge on any atom is 0.140 e. The molecule has 2 fully saturated rings. The average Bonchev–Trinajstić information content (AvgIpc) is 3.04. The van der Waals surface area contributed by atoms with Gasteiger partial charge in [-0.2, -0.15) is 0 Å². The van der Waals surface area contributed by atoms with E-state index in [2.05, 4.69) is 16.5 Å². The highest BCUT2D eigenvalue weighted by Crippen LogP contribution is 2.40. The fourth-order valence-corrected chi connectivity index (χ4v) is 2.31. The van der Waals surface area contributed by atoms with Crippen molar-refractivity contribution in [2.24, 2.45) is 0 Å². The van der Waals surface area contributed by atoms with E-state index in [4.69, 9.17) is 4.52 Å². The van der Waals surface area contributed by atoms with E-state index >= 15 is 0 Å². The molecule has 1 N–H and O–H groups in total. The van der Waals surface area contributed by atoms with Gasteiger partial charge in [-0.25, -0.2) is 0 Å². The van der Waals surface area contributed by atoms with Gasteiger partial charge >= 0.3 is 0 Å². The average molecular weight is 206 g/mol. The molecule has 1 aliphatic heterocycles. The summed E-state index contributed by atoms with van der Waals surface area (Å²) < 4.78 is 5.39. The van der Waals surface area contributed by atoms with Gasteiger partial charge in [-0.3, -0.25) is 0 Å². The van der Waals surface area contributed by atoms with Crippen LogP contribution in [0.4, 0.5) is 0 Å². The summed E-state index contributed by atoms with van der Waals surface area (Å²) in [7, 11) is 0. The third-order valence-electron chi connectivity index (χ3n) is 3.44. The highest BCUT2D eigenvalue weighted by molar-refractivity contribution is 5.17. The second-order valence-corrected chi connectivity index (χ2v) is 4.78. The Bertz CT molecular complexity index is 322. The maximum atomic E-state index is 5.39. The molecule has 82 valence electrons. The van der Waals surface area contributed by atoms with Gasteiger partial charge in [0.1, 0.15) is 11.5 Å². The second kappa shape index (κ2) is 3.97. The number of rotatable bonds is 2. The molecule has 0 spiro atoms. The summed E-state index contributed by atoms with van der Waals surface area (Å²) in [4.78, 5) is 0. The molecule has 2 aliphatic rings. The quantitative estimate of drug-likeness (QED) is 0.808. The number of aromatic nitrogens is 1. The van der Waals surface area contributed by atoms with Crippen LogP contribution in [0.15, 0.2) is 10.6 Å². The lowest BCUT2D eigenvalue weighted by Gasteiger charge is -2.11. The second-order valence-electron chi connectivity index (χ2n) is 4.78. The smallest absolute Gasteiger partial charge is 0.140 e. The van der Waals surface area contributed by atoms with Crippen LogP contribution < -0.4 is 5.32 Å². The predicted molar refractivity (Wildman–Crippen MR) is 57.7 cm³/mol. The highest BCUT2D eigenvalue weighted by atomic mass is 16.5. The summed E-state index contributed by atoms with van der Waals surface area (Å²) >= 11 is 0. The Hall–Kier alpha value is -0.830. The van der Waals surface area contributed by atoms with E-state index in [0.717, 1.165) is 18.0 Å². The monoisotopic (exact) mass is 206 g/mol. The molecule has 15 heavy (non-hydrogen) atoms. The lowest BCUT2D eigenvalue weighted by atomic mass is 10.1. The SMILES string of the molecule is c1c(C2CCCCCN2)noc1C1CC1. The third-order valence-corrected chi connectivity index (χ3v) is 3.44. The molecule has 0 aromatic carbocycles. The standard InChI is InChI=1S/C12H18N2O/c1-2-4-10(13-7-3-1)11-8-12(15-14-11)9-5-6-9/h8-10,13H,1-7H2. The first-order valence-electron chi connectivity index (χ1n) is 6.13. The molecule has 1 saturated carbocycles. The lowest BCUT2D eigenvalue weighted by molar-refractivity contribution is 0.366. The topological polar surface area (TPSA) is 38.1 Å². The fourth-order valence-electron chi connectivity index (χ4n) is 2.31. The van der Waals surface area contributed by atoms with Gasteiger partial charge in [0.2, 0.25) is 0 Å². The molecule has 0 radical (unpaired) electrons. The molecule has 3 rings (SSSR count). The van der Waals surface area contributed by atoms with E-state index in [-0.39, 0.29) is 0 Å². The van der Waals surface area contributed by atoms with E-state index < -0.39 is 0 Å². The fraction of sp³-hybridized carbons (Fsp3) is 0.750. The van der Waals surface area contributed by atoms with Crippen LogP contribution in [-0.4, -0.2) is 11.7 Å². The van der Waals surface area contributed by atoms with E-state index in [1.807, 2.05) is 0 Å². The Balaban J connectivity index is 1.72. The van der Waals surface area contributed by atoms with Gasteiger partial charge in [0.15, 0.2) is 0 Å². The van der Waals surface area contributed by atoms with Crippen molar-refractivity contribution in [3.63, 3.8) is 0 Å². The number of hydrogen-bond acceptors (Lipinski definition) is 3. The molecule has 1 aliphatic carbocycles. The summed E-state index contributed by atoms with van der Waals surface area (Å²) in [5.41, 5.74) is 1.12. The van der Waals surface area contributed by atoms with Crippen LogP contribution in [0.1, 0.15) is 61.9 Å². The minimum Gasteiger partial charge on any atom is -0.361 e. The molecule has 1 atom stereocenters. The molecular weight excluding hydrogens is 188 g/mol. The minimum absolute atomic E-state index is 0.434. The van der Waals surface area contributed by atoms with Crippen LogP contribution in [-0.2, 0) is 0 Å². The highest BCUT2D eigenvalue weighted by Gasteiger charge is 2.29. The van der Waals surface area contributed by atoms with Crippen LogP contribution >= 0.6 is 0 Å². The van der Waals surface area contributed by atoms with E-state index in [1.165, 1.54) is 38.5 Å². The maximum absolute atomic E-state index is 5.39. The molecule has 1 aromatic rings. The first-order valence-corrected chi connectivity index (χ1v) is 6.13. The van der Waals surface area contributed by atoms with Crippen LogP contribution in [0.25, 0.3) is 0 Å². The molecule has 1 aromatic heterocycles. The van der Waals surface area contributed by atoms with Crippen molar-refractivity contribution >= 4 is 0 Å². The number of nitrogens with one attached hydrogen (secondary N) is 1. The Morgan fingerprint density at radius 1 is 1.20 bits per heavy atom. The molecule has 2 heterocycles. The molecule has 1 unspecified atom stereocenters. The van der Waals surface area contributed by atoms with Crippen molar-refractivity contribution in [3.8, 4) is 0 Å². The molecule has 3 nitrogen and oxygen atoms in total. The number of nitrogens with zero attached hydrogens (tertiary/aromatic N) is 1. The first kappa shape index (κ1) is 9.40. The summed E-state index contributed by atoms with van der Waals surface area (Å²) in [5.74, 6) is 1.79. The zero-order valence-electron chi connectivity index (χ0n) is 9.04. The van der Waals surface area contributed by atoms with Gasteiger partial charge in [-0.05, 0) is 32.2 Å². The van der Waals surface area contributed by atoms with Crippen LogP contribution in [0.3, 0.4) is 0 Å². The first-order chi connectivity index (χ1) is 7.43. The molecule has 0 amide bonds. The molecular formula is C12H18N2O. The molecule has 3 heteroatoms. The summed E-state index contributed by atoms with van der Waals surface area (Å²) in [6.07, 6.45) is 7.72. The van der Waals surface area contributed by atoms with Crippen molar-refractivity contribution in [1.29, 1.82) is 0 Å². The van der Waals surface area contributed by atoms with Gasteiger partial charge in [-0.1, -0.05) is 18.0 Å². The van der Waals surface area contributed by atoms with Crippen LogP contribution in [0.2, 0.25) is 0 Å². The van der Waals surface area contributed by atoms with Gasteiger partial charge in [0.05, 0.1) is 6.04 Å². The van der Waals surface area contributed by atoms with Crippen molar-refractivity contribution in [2.45, 2.75) is 50.5 Å². The van der Waals surface area contributed by atoms with Gasteiger partial charge in [-0.15, -0.1) is 0 Å². The Kier molecular flexibility index (Phi) is 2.49. The van der Waals surface area contributed by atoms with Crippen molar-refractivity contribution in [1.82, 2.24) is 10.5 Å². The van der Waals surface area contributed by atoms with E-state index in [9.17, 15) is 0 Å². The van der Waals surface area contributed by atoms with E-state index in [0.29, 0.717) is 12.0 Å². The van der Waals surface area contributed by atoms with Crippen LogP contribution in [0, 0.1) is 0 Å². The van der Waals surface area contributed by atoms with Crippen molar-refractivity contribution in [3.05, 3.63) is 17.5 Å². The zero-order chi connectivity index (χ0) is 10.1. The van der Waals surface area contributed by atoms with Gasteiger partial charge < -0.3 is 9.84 Å². The third kappa shape index (κ3) is 2.07. The van der Waals surface area contributed by atoms with Crippen molar-refractivity contribution < 1.29 is 4.52 Å². The lowest BCUT2D eigenvalue weighted by Crippen LogP contribution is -2.20. The van der Waals surface area contributed by atoms with Gasteiger partial charge in [0, 0.05) is 12.0 Å². The molecule has 1 saturated heterocycles. The van der Waals surface area contributed by atoms with E-state index in [1.54, 1.807) is 0 Å². The summed E-state index contributed by atoms with van der Waals surface area (Å²) in [6, 6.07) is 2.60. The number of hydrogen-bond donors (Lipinski definition) is 1. The van der Waals surface area contributed by atoms with Gasteiger partial charge in [0.25, 0.3) is 0 Å². The summed E-state index contributed by atoms with van der Waals surface area (Å²) in [6.45, 7) is 1.12. The Morgan fingerprint density at radius 2 is 2.13 bits per heavy atom. The Labute approximate surface area is 90.2 Å². The van der Waals surface area contributed by atoms with Crippen LogP contribution in [0.5, 0.6) is 0 Å². The summed E-state index contributed by atoms with van der Waals surface area (Å²) in [5, 5.41) is 7.75. The molecule has 0 bridgehead atoms. The van der Waals surface area contributed by atoms with Crippen molar-refractivity contribution in [2.75, 3.05) is 6.54 Å². The Morgan fingerprint density at radius 3 is 3.00 bits per heavy atom.